The first-order valence-corrected chi connectivity index (χ1v) is 6.39. The van der Waals surface area contributed by atoms with Crippen molar-refractivity contribution in [3.05, 3.63) is 35.6 Å². The Balaban J connectivity index is 2.02. The molecule has 1 aromatic heterocycles. The maximum Gasteiger partial charge on any atom is 0.207 e. The normalized spacial score (nSPS) is 27.0. The molecule has 1 saturated heterocycles. The average Bonchev–Trinajstić information content (AvgIpc) is 2.93. The summed E-state index contributed by atoms with van der Waals surface area (Å²) in [6.07, 6.45) is 0. The molecule has 19 heavy (non-hydrogen) atoms. The van der Waals surface area contributed by atoms with Gasteiger partial charge in [-0.15, -0.1) is 0 Å². The van der Waals surface area contributed by atoms with Gasteiger partial charge in [0.1, 0.15) is 5.58 Å². The molecule has 0 aliphatic carbocycles. The zero-order valence-electron chi connectivity index (χ0n) is 11.1. The highest BCUT2D eigenvalue weighted by Crippen LogP contribution is 2.33. The van der Waals surface area contributed by atoms with Gasteiger partial charge < -0.3 is 14.9 Å². The highest BCUT2D eigenvalue weighted by atomic mass is 16.5. The first-order chi connectivity index (χ1) is 9.00. The smallest absolute Gasteiger partial charge is 0.207 e. The van der Waals surface area contributed by atoms with E-state index in [9.17, 15) is 4.79 Å². The Hall–Kier alpha value is -1.65. The lowest BCUT2D eigenvalue weighted by atomic mass is 9.80. The van der Waals surface area contributed by atoms with Gasteiger partial charge in [-0.1, -0.05) is 11.6 Å². The van der Waals surface area contributed by atoms with E-state index in [0.717, 1.165) is 16.5 Å². The van der Waals surface area contributed by atoms with Crippen molar-refractivity contribution in [1.29, 1.82) is 0 Å². The van der Waals surface area contributed by atoms with E-state index in [2.05, 4.69) is 0 Å². The molecule has 2 N–H and O–H groups in total. The molecule has 2 unspecified atom stereocenters. The minimum absolute atomic E-state index is 0.0775. The first-order valence-electron chi connectivity index (χ1n) is 6.39. The minimum Gasteiger partial charge on any atom is -0.453 e. The predicted octanol–water partition coefficient (Wildman–Crippen LogP) is 2.29. The van der Waals surface area contributed by atoms with Crippen molar-refractivity contribution >= 4 is 16.8 Å². The fourth-order valence-electron chi connectivity index (χ4n) is 2.48. The number of carbonyl (C=O) groups is 1. The summed E-state index contributed by atoms with van der Waals surface area (Å²) in [6, 6.07) is 7.36. The van der Waals surface area contributed by atoms with E-state index in [1.807, 2.05) is 32.0 Å². The van der Waals surface area contributed by atoms with Crippen LogP contribution in [0.2, 0.25) is 0 Å². The number of hydrogen-bond acceptors (Lipinski definition) is 4. The molecule has 4 nitrogen and oxygen atoms in total. The number of furan rings is 1. The summed E-state index contributed by atoms with van der Waals surface area (Å²) in [5, 5.41) is 0.944. The van der Waals surface area contributed by atoms with E-state index in [4.69, 9.17) is 14.9 Å². The maximum absolute atomic E-state index is 12.6. The van der Waals surface area contributed by atoms with Crippen LogP contribution in [0.5, 0.6) is 0 Å². The predicted molar refractivity (Wildman–Crippen MR) is 72.2 cm³/mol. The number of ketones is 1. The van der Waals surface area contributed by atoms with Crippen LogP contribution >= 0.6 is 0 Å². The van der Waals surface area contributed by atoms with E-state index in [1.165, 1.54) is 0 Å². The topological polar surface area (TPSA) is 65.5 Å². The molecule has 0 bridgehead atoms. The number of hydrogen-bond donors (Lipinski definition) is 1. The number of ether oxygens (including phenoxy) is 1. The summed E-state index contributed by atoms with van der Waals surface area (Å²) in [5.74, 6) is 0.287. The maximum atomic E-state index is 12.6. The standard InChI is InChI=1S/C15H17NO3/c1-9-3-4-11-10(5-9)6-12(19-11)14(17)15(2)8-18-7-13(15)16/h3-6,13H,7-8,16H2,1-2H3. The van der Waals surface area contributed by atoms with E-state index >= 15 is 0 Å². The Morgan fingerprint density at radius 3 is 2.89 bits per heavy atom. The van der Waals surface area contributed by atoms with Crippen LogP contribution in [0, 0.1) is 12.3 Å². The number of aryl methyl sites for hydroxylation is 1. The molecular weight excluding hydrogens is 242 g/mol. The Morgan fingerprint density at radius 2 is 2.21 bits per heavy atom. The quantitative estimate of drug-likeness (QED) is 0.840. The van der Waals surface area contributed by atoms with Crippen LogP contribution in [0.4, 0.5) is 0 Å². The summed E-state index contributed by atoms with van der Waals surface area (Å²) in [6.45, 7) is 4.62. The molecule has 3 rings (SSSR count). The van der Waals surface area contributed by atoms with Gasteiger partial charge >= 0.3 is 0 Å². The van der Waals surface area contributed by atoms with Crippen LogP contribution in [-0.4, -0.2) is 25.0 Å². The molecule has 2 heterocycles. The second kappa shape index (κ2) is 4.18. The molecule has 0 saturated carbocycles. The van der Waals surface area contributed by atoms with Gasteiger partial charge in [0.05, 0.1) is 18.6 Å². The summed E-state index contributed by atoms with van der Waals surface area (Å²) >= 11 is 0. The molecule has 0 radical (unpaired) electrons. The highest BCUT2D eigenvalue weighted by molar-refractivity contribution is 6.01. The van der Waals surface area contributed by atoms with Crippen LogP contribution in [0.15, 0.2) is 28.7 Å². The molecule has 100 valence electrons. The van der Waals surface area contributed by atoms with Crippen molar-refractivity contribution in [2.45, 2.75) is 19.9 Å². The van der Waals surface area contributed by atoms with Gasteiger partial charge in [0, 0.05) is 11.4 Å². The number of fused-ring (bicyclic) bond motifs is 1. The average molecular weight is 259 g/mol. The Morgan fingerprint density at radius 1 is 1.42 bits per heavy atom. The van der Waals surface area contributed by atoms with Gasteiger partial charge in [0.25, 0.3) is 0 Å². The van der Waals surface area contributed by atoms with E-state index in [0.29, 0.717) is 19.0 Å². The van der Waals surface area contributed by atoms with Crippen LogP contribution in [0.1, 0.15) is 23.0 Å². The lowest BCUT2D eigenvalue weighted by Crippen LogP contribution is -2.44. The number of nitrogens with two attached hydrogens (primary N) is 1. The molecule has 1 aliphatic heterocycles. The SMILES string of the molecule is Cc1ccc2oc(C(=O)C3(C)COCC3N)cc2c1. The Bertz CT molecular complexity index is 646. The fourth-order valence-corrected chi connectivity index (χ4v) is 2.48. The second-order valence-corrected chi connectivity index (χ2v) is 5.52. The second-order valence-electron chi connectivity index (χ2n) is 5.52. The first kappa shape index (κ1) is 12.4. The van der Waals surface area contributed by atoms with Crippen LogP contribution < -0.4 is 5.73 Å². The van der Waals surface area contributed by atoms with E-state index in [-0.39, 0.29) is 11.8 Å². The fraction of sp³-hybridized carbons (Fsp3) is 0.400. The summed E-state index contributed by atoms with van der Waals surface area (Å²) in [5.41, 5.74) is 7.16. The molecule has 4 heteroatoms. The number of benzene rings is 1. The van der Waals surface area contributed by atoms with Gasteiger partial charge in [-0.3, -0.25) is 4.79 Å². The van der Waals surface area contributed by atoms with Crippen molar-refractivity contribution in [3.63, 3.8) is 0 Å². The third-order valence-electron chi connectivity index (χ3n) is 3.93. The lowest BCUT2D eigenvalue weighted by molar-refractivity contribution is 0.0740. The van der Waals surface area contributed by atoms with Crippen molar-refractivity contribution in [2.75, 3.05) is 13.2 Å². The largest absolute Gasteiger partial charge is 0.453 e. The molecule has 2 aromatic rings. The lowest BCUT2D eigenvalue weighted by Gasteiger charge is -2.23. The van der Waals surface area contributed by atoms with E-state index < -0.39 is 5.41 Å². The molecule has 0 spiro atoms. The van der Waals surface area contributed by atoms with Crippen LogP contribution in [0.25, 0.3) is 11.0 Å². The van der Waals surface area contributed by atoms with Gasteiger partial charge in [0.15, 0.2) is 5.76 Å². The molecule has 1 aliphatic rings. The summed E-state index contributed by atoms with van der Waals surface area (Å²) in [4.78, 5) is 12.6. The molecular formula is C15H17NO3. The summed E-state index contributed by atoms with van der Waals surface area (Å²) in [7, 11) is 0. The zero-order chi connectivity index (χ0) is 13.6. The van der Waals surface area contributed by atoms with Gasteiger partial charge in [0.2, 0.25) is 5.78 Å². The molecule has 0 amide bonds. The third kappa shape index (κ3) is 1.88. The molecule has 1 fully saturated rings. The Labute approximate surface area is 111 Å². The van der Waals surface area contributed by atoms with Gasteiger partial charge in [-0.2, -0.15) is 0 Å². The number of carbonyl (C=O) groups excluding carboxylic acids is 1. The minimum atomic E-state index is -0.692. The molecule has 2 atom stereocenters. The van der Waals surface area contributed by atoms with Crippen LogP contribution in [0.3, 0.4) is 0 Å². The van der Waals surface area contributed by atoms with Crippen molar-refractivity contribution in [3.8, 4) is 0 Å². The molecule has 1 aromatic carbocycles. The number of rotatable bonds is 2. The monoisotopic (exact) mass is 259 g/mol. The Kier molecular flexibility index (Phi) is 2.73. The number of Topliss-reactive ketones (excluding diaryl/α,β-unsaturated/α-hetero) is 1. The highest BCUT2D eigenvalue weighted by Gasteiger charge is 2.45. The van der Waals surface area contributed by atoms with Gasteiger partial charge in [-0.25, -0.2) is 0 Å². The van der Waals surface area contributed by atoms with Crippen molar-refractivity contribution in [2.24, 2.45) is 11.1 Å². The third-order valence-corrected chi connectivity index (χ3v) is 3.93. The summed E-state index contributed by atoms with van der Waals surface area (Å²) < 4.78 is 11.0. The van der Waals surface area contributed by atoms with Crippen molar-refractivity contribution < 1.29 is 13.9 Å². The van der Waals surface area contributed by atoms with Crippen LogP contribution in [-0.2, 0) is 4.74 Å². The van der Waals surface area contributed by atoms with Gasteiger partial charge in [-0.05, 0) is 32.0 Å². The van der Waals surface area contributed by atoms with Crippen molar-refractivity contribution in [1.82, 2.24) is 0 Å². The van der Waals surface area contributed by atoms with E-state index in [1.54, 1.807) is 6.07 Å². The zero-order valence-corrected chi connectivity index (χ0v) is 11.1.